The third-order valence-electron chi connectivity index (χ3n) is 4.89. The molecule has 1 aromatic carbocycles. The van der Waals surface area contributed by atoms with Crippen LogP contribution in [-0.2, 0) is 16.6 Å². The average Bonchev–Trinajstić information content (AvgIpc) is 2.70. The van der Waals surface area contributed by atoms with Gasteiger partial charge in [-0.15, -0.1) is 0 Å². The smallest absolute Gasteiger partial charge is 0.223 e. The minimum absolute atomic E-state index is 0.140. The molecule has 0 aromatic heterocycles. The molecular formula is C19H29NO2. The number of rotatable bonds is 3. The molecule has 0 spiro atoms. The van der Waals surface area contributed by atoms with Crippen LogP contribution in [0.25, 0.3) is 0 Å². The van der Waals surface area contributed by atoms with Crippen LogP contribution < -0.4 is 0 Å². The van der Waals surface area contributed by atoms with Crippen LogP contribution in [0.3, 0.4) is 0 Å². The van der Waals surface area contributed by atoms with E-state index in [9.17, 15) is 9.90 Å². The van der Waals surface area contributed by atoms with Crippen molar-refractivity contribution in [1.29, 1.82) is 0 Å². The first-order chi connectivity index (χ1) is 10.1. The van der Waals surface area contributed by atoms with Gasteiger partial charge in [-0.25, -0.2) is 0 Å². The highest BCUT2D eigenvalue weighted by atomic mass is 16.3. The summed E-state index contributed by atoms with van der Waals surface area (Å²) in [5.41, 5.74) is 2.22. The highest BCUT2D eigenvalue weighted by Crippen LogP contribution is 2.29. The monoisotopic (exact) mass is 303 g/mol. The lowest BCUT2D eigenvalue weighted by Crippen LogP contribution is -2.48. The van der Waals surface area contributed by atoms with Crippen molar-refractivity contribution in [3.05, 3.63) is 35.4 Å². The van der Waals surface area contributed by atoms with Crippen LogP contribution in [-0.4, -0.2) is 34.1 Å². The van der Waals surface area contributed by atoms with E-state index in [1.54, 1.807) is 0 Å². The van der Waals surface area contributed by atoms with E-state index in [0.29, 0.717) is 19.4 Å². The van der Waals surface area contributed by atoms with Crippen LogP contribution in [0.2, 0.25) is 0 Å². The summed E-state index contributed by atoms with van der Waals surface area (Å²) in [6.07, 6.45) is 1.53. The lowest BCUT2D eigenvalue weighted by Gasteiger charge is -2.34. The number of carbonyl (C=O) groups is 1. The molecule has 22 heavy (non-hydrogen) atoms. The quantitative estimate of drug-likeness (QED) is 0.931. The van der Waals surface area contributed by atoms with Gasteiger partial charge in [-0.05, 0) is 43.2 Å². The van der Waals surface area contributed by atoms with E-state index in [2.05, 4.69) is 45.0 Å². The van der Waals surface area contributed by atoms with Crippen LogP contribution in [0, 0.1) is 0 Å². The normalized spacial score (nSPS) is 21.2. The Morgan fingerprint density at radius 2 is 1.86 bits per heavy atom. The first kappa shape index (κ1) is 17.0. The minimum atomic E-state index is -0.437. The first-order valence-corrected chi connectivity index (χ1v) is 8.20. The number of aliphatic hydroxyl groups is 1. The zero-order valence-electron chi connectivity index (χ0n) is 14.5. The Kier molecular flexibility index (Phi) is 4.67. The van der Waals surface area contributed by atoms with E-state index in [4.69, 9.17) is 0 Å². The van der Waals surface area contributed by atoms with Crippen molar-refractivity contribution in [1.82, 2.24) is 4.90 Å². The average molecular weight is 303 g/mol. The van der Waals surface area contributed by atoms with E-state index < -0.39 is 11.6 Å². The predicted molar refractivity (Wildman–Crippen MR) is 89.9 cm³/mol. The third kappa shape index (κ3) is 3.52. The van der Waals surface area contributed by atoms with Gasteiger partial charge >= 0.3 is 0 Å². The molecule has 1 unspecified atom stereocenters. The van der Waals surface area contributed by atoms with Gasteiger partial charge in [0, 0.05) is 13.0 Å². The fraction of sp³-hybridized carbons (Fsp3) is 0.632. The van der Waals surface area contributed by atoms with Crippen molar-refractivity contribution in [3.63, 3.8) is 0 Å². The molecular weight excluding hydrogens is 274 g/mol. The molecule has 0 bridgehead atoms. The maximum absolute atomic E-state index is 12.4. The number of hydrogen-bond acceptors (Lipinski definition) is 2. The molecule has 1 fully saturated rings. The van der Waals surface area contributed by atoms with E-state index in [0.717, 1.165) is 6.42 Å². The molecule has 1 aliphatic rings. The number of hydrogen-bond donors (Lipinski definition) is 1. The molecule has 0 aliphatic carbocycles. The van der Waals surface area contributed by atoms with Gasteiger partial charge in [0.15, 0.2) is 0 Å². The molecule has 3 nitrogen and oxygen atoms in total. The van der Waals surface area contributed by atoms with Crippen LogP contribution >= 0.6 is 0 Å². The largest absolute Gasteiger partial charge is 0.391 e. The molecule has 1 aromatic rings. The Labute approximate surface area is 134 Å². The minimum Gasteiger partial charge on any atom is -0.391 e. The lowest BCUT2D eigenvalue weighted by molar-refractivity contribution is -0.136. The van der Waals surface area contributed by atoms with Gasteiger partial charge in [-0.2, -0.15) is 0 Å². The standard InChI is InChI=1S/C19H29NO2/c1-18(2,3)15-9-6-14(7-10-15)8-11-17(22)20-13-12-16(21)19(20,4)5/h6-7,9-10,16,21H,8,11-13H2,1-5H3. The second kappa shape index (κ2) is 6.04. The number of likely N-dealkylation sites (tertiary alicyclic amines) is 1. The summed E-state index contributed by atoms with van der Waals surface area (Å²) < 4.78 is 0. The molecule has 1 aliphatic heterocycles. The summed E-state index contributed by atoms with van der Waals surface area (Å²) >= 11 is 0. The van der Waals surface area contributed by atoms with Gasteiger partial charge in [0.2, 0.25) is 5.91 Å². The number of aliphatic hydroxyl groups excluding tert-OH is 1. The van der Waals surface area contributed by atoms with Gasteiger partial charge in [0.05, 0.1) is 11.6 Å². The molecule has 1 saturated heterocycles. The molecule has 122 valence electrons. The van der Waals surface area contributed by atoms with Crippen molar-refractivity contribution >= 4 is 5.91 Å². The van der Waals surface area contributed by atoms with E-state index >= 15 is 0 Å². The van der Waals surface area contributed by atoms with Crippen LogP contribution in [0.1, 0.15) is 58.6 Å². The second-order valence-corrected chi connectivity index (χ2v) is 7.95. The van der Waals surface area contributed by atoms with Crippen molar-refractivity contribution in [3.8, 4) is 0 Å². The molecule has 1 heterocycles. The fourth-order valence-corrected chi connectivity index (χ4v) is 3.08. The maximum Gasteiger partial charge on any atom is 0.223 e. The van der Waals surface area contributed by atoms with Crippen LogP contribution in [0.15, 0.2) is 24.3 Å². The SMILES string of the molecule is CC(C)(C)c1ccc(CCC(=O)N2CCC(O)C2(C)C)cc1. The number of carbonyl (C=O) groups excluding carboxylic acids is 1. The Hall–Kier alpha value is -1.35. The summed E-state index contributed by atoms with van der Waals surface area (Å²) in [5.74, 6) is 0.140. The zero-order chi connectivity index (χ0) is 16.5. The lowest BCUT2D eigenvalue weighted by atomic mass is 9.86. The number of aryl methyl sites for hydroxylation is 1. The maximum atomic E-state index is 12.4. The van der Waals surface area contributed by atoms with Gasteiger partial charge < -0.3 is 10.0 Å². The molecule has 1 amide bonds. The molecule has 1 atom stereocenters. The Morgan fingerprint density at radius 1 is 1.27 bits per heavy atom. The van der Waals surface area contributed by atoms with Crippen molar-refractivity contribution in [2.24, 2.45) is 0 Å². The summed E-state index contributed by atoms with van der Waals surface area (Å²) in [6.45, 7) is 11.2. The fourth-order valence-electron chi connectivity index (χ4n) is 3.08. The Balaban J connectivity index is 1.95. The highest BCUT2D eigenvalue weighted by Gasteiger charge is 2.42. The molecule has 1 N–H and O–H groups in total. The van der Waals surface area contributed by atoms with E-state index in [1.165, 1.54) is 11.1 Å². The third-order valence-corrected chi connectivity index (χ3v) is 4.89. The van der Waals surface area contributed by atoms with Gasteiger partial charge in [0.1, 0.15) is 0 Å². The Morgan fingerprint density at radius 3 is 2.32 bits per heavy atom. The van der Waals surface area contributed by atoms with Crippen LogP contribution in [0.4, 0.5) is 0 Å². The van der Waals surface area contributed by atoms with Gasteiger partial charge in [-0.3, -0.25) is 4.79 Å². The summed E-state index contributed by atoms with van der Waals surface area (Å²) in [6, 6.07) is 8.56. The number of benzene rings is 1. The van der Waals surface area contributed by atoms with Gasteiger partial charge in [-0.1, -0.05) is 45.0 Å². The summed E-state index contributed by atoms with van der Waals surface area (Å²) in [4.78, 5) is 14.3. The molecule has 3 heteroatoms. The van der Waals surface area contributed by atoms with Crippen molar-refractivity contribution in [2.75, 3.05) is 6.54 Å². The molecule has 2 rings (SSSR count). The zero-order valence-corrected chi connectivity index (χ0v) is 14.5. The summed E-state index contributed by atoms with van der Waals surface area (Å²) in [7, 11) is 0. The van der Waals surface area contributed by atoms with Gasteiger partial charge in [0.25, 0.3) is 0 Å². The summed E-state index contributed by atoms with van der Waals surface area (Å²) in [5, 5.41) is 9.97. The topological polar surface area (TPSA) is 40.5 Å². The second-order valence-electron chi connectivity index (χ2n) is 7.95. The molecule has 0 radical (unpaired) electrons. The first-order valence-electron chi connectivity index (χ1n) is 8.20. The van der Waals surface area contributed by atoms with Crippen molar-refractivity contribution < 1.29 is 9.90 Å². The van der Waals surface area contributed by atoms with E-state index in [-0.39, 0.29) is 11.3 Å². The van der Waals surface area contributed by atoms with Crippen molar-refractivity contribution in [2.45, 2.75) is 70.9 Å². The van der Waals surface area contributed by atoms with Crippen LogP contribution in [0.5, 0.6) is 0 Å². The predicted octanol–water partition coefficient (Wildman–Crippen LogP) is 3.29. The molecule has 0 saturated carbocycles. The van der Waals surface area contributed by atoms with E-state index in [1.807, 2.05) is 18.7 Å². The Bertz CT molecular complexity index is 525. The highest BCUT2D eigenvalue weighted by molar-refractivity contribution is 5.77. The number of amides is 1. The number of nitrogens with zero attached hydrogens (tertiary/aromatic N) is 1.